The van der Waals surface area contributed by atoms with Crippen LogP contribution in [0.25, 0.3) is 0 Å². The molecule has 0 unspecified atom stereocenters. The van der Waals surface area contributed by atoms with Crippen molar-refractivity contribution in [3.05, 3.63) is 0 Å². The summed E-state index contributed by atoms with van der Waals surface area (Å²) < 4.78 is 15.2. The summed E-state index contributed by atoms with van der Waals surface area (Å²) in [4.78, 5) is 10.6. The van der Waals surface area contributed by atoms with Gasteiger partial charge in [-0.1, -0.05) is 11.4 Å². The van der Waals surface area contributed by atoms with Crippen LogP contribution in [0, 0.1) is 0 Å². The van der Waals surface area contributed by atoms with Crippen molar-refractivity contribution in [3.63, 3.8) is 0 Å². The molecule has 0 heterocycles. The van der Waals surface area contributed by atoms with Gasteiger partial charge in [0, 0.05) is 0 Å². The molecular weight excluding hydrogens is 187 g/mol. The molecule has 0 fully saturated rings. The van der Waals surface area contributed by atoms with E-state index in [2.05, 4.69) is 4.74 Å². The van der Waals surface area contributed by atoms with E-state index in [9.17, 15) is 9.36 Å². The summed E-state index contributed by atoms with van der Waals surface area (Å²) in [5, 5.41) is 0. The van der Waals surface area contributed by atoms with Crippen molar-refractivity contribution < 1.29 is 14.1 Å². The van der Waals surface area contributed by atoms with Crippen molar-refractivity contribution in [1.82, 2.24) is 0 Å². The lowest BCUT2D eigenvalue weighted by Gasteiger charge is -2.04. The fraction of sp³-hybridized carbons (Fsp3) is 0.750. The molecule has 0 aliphatic rings. The molecule has 5 nitrogen and oxygen atoms in total. The summed E-state index contributed by atoms with van der Waals surface area (Å²) in [5.74, 6) is -0.508. The van der Waals surface area contributed by atoms with E-state index in [1.165, 1.54) is 0 Å². The molecule has 0 rings (SSSR count). The zero-order valence-electron chi connectivity index (χ0n) is 6.15. The highest BCUT2D eigenvalue weighted by Gasteiger charge is 2.12. The van der Waals surface area contributed by atoms with Gasteiger partial charge in [0.25, 0.3) is 6.65 Å². The molecule has 0 aliphatic carbocycles. The van der Waals surface area contributed by atoms with Crippen molar-refractivity contribution in [1.29, 1.82) is 0 Å². The Morgan fingerprint density at radius 1 is 1.64 bits per heavy atom. The SMILES string of the molecule is CCOC(=O)CSP(N)(N)=O. The summed E-state index contributed by atoms with van der Waals surface area (Å²) in [5.41, 5.74) is 9.94. The Bertz CT molecular complexity index is 180. The Kier molecular flexibility index (Phi) is 4.76. The van der Waals surface area contributed by atoms with Crippen LogP contribution in [-0.2, 0) is 14.1 Å². The van der Waals surface area contributed by atoms with Crippen molar-refractivity contribution in [2.24, 2.45) is 11.0 Å². The average Bonchev–Trinajstić information content (AvgIpc) is 1.83. The highest BCUT2D eigenvalue weighted by molar-refractivity contribution is 8.56. The van der Waals surface area contributed by atoms with Crippen LogP contribution in [-0.4, -0.2) is 18.3 Å². The predicted octanol–water partition coefficient (Wildman–Crippen LogP) is 0.308. The first-order valence-corrected chi connectivity index (χ1v) is 6.36. The number of ether oxygens (including phenoxy) is 1. The largest absolute Gasteiger partial charge is 0.465 e. The van der Waals surface area contributed by atoms with Crippen LogP contribution in [0.1, 0.15) is 6.92 Å². The van der Waals surface area contributed by atoms with E-state index < -0.39 is 12.6 Å². The Labute approximate surface area is 69.1 Å². The normalized spacial score (nSPS) is 11.2. The standard InChI is InChI=1S/C4H11N2O3PS/c1-2-9-4(7)3-11-10(5,6)8/h2-3H2,1H3,(H4,5,6,8). The molecular formula is C4H11N2O3PS. The second-order valence-electron chi connectivity index (χ2n) is 1.72. The van der Waals surface area contributed by atoms with Crippen LogP contribution >= 0.6 is 18.0 Å². The fourth-order valence-electron chi connectivity index (χ4n) is 0.356. The van der Waals surface area contributed by atoms with Crippen LogP contribution in [0.4, 0.5) is 0 Å². The van der Waals surface area contributed by atoms with E-state index >= 15 is 0 Å². The quantitative estimate of drug-likeness (QED) is 0.498. The Hall–Kier alpha value is -0.0300. The summed E-state index contributed by atoms with van der Waals surface area (Å²) in [6.07, 6.45) is 0. The first-order chi connectivity index (χ1) is 4.95. The molecule has 4 N–H and O–H groups in total. The molecule has 0 aromatic rings. The van der Waals surface area contributed by atoms with Crippen LogP contribution in [0.5, 0.6) is 0 Å². The van der Waals surface area contributed by atoms with E-state index in [1.54, 1.807) is 6.92 Å². The molecule has 66 valence electrons. The molecule has 0 spiro atoms. The van der Waals surface area contributed by atoms with Crippen LogP contribution in [0.15, 0.2) is 0 Å². The third kappa shape index (κ3) is 7.87. The first kappa shape index (κ1) is 11.0. The van der Waals surface area contributed by atoms with Crippen LogP contribution in [0.2, 0.25) is 0 Å². The highest BCUT2D eigenvalue weighted by atomic mass is 32.7. The molecule has 0 atom stereocenters. The molecule has 0 bridgehead atoms. The number of carbonyl (C=O) groups is 1. The predicted molar refractivity (Wildman–Crippen MR) is 45.1 cm³/mol. The van der Waals surface area contributed by atoms with Gasteiger partial charge < -0.3 is 4.74 Å². The first-order valence-electron chi connectivity index (χ1n) is 2.93. The topological polar surface area (TPSA) is 95.4 Å². The van der Waals surface area contributed by atoms with Gasteiger partial charge in [-0.2, -0.15) is 0 Å². The van der Waals surface area contributed by atoms with Crippen LogP contribution < -0.4 is 11.0 Å². The van der Waals surface area contributed by atoms with Gasteiger partial charge in [0.1, 0.15) is 5.75 Å². The van der Waals surface area contributed by atoms with Gasteiger partial charge in [-0.3, -0.25) is 20.4 Å². The van der Waals surface area contributed by atoms with Crippen LogP contribution in [0.3, 0.4) is 0 Å². The lowest BCUT2D eigenvalue weighted by atomic mass is 10.8. The fourth-order valence-corrected chi connectivity index (χ4v) is 1.67. The summed E-state index contributed by atoms with van der Waals surface area (Å²) in [7, 11) is 0. The second kappa shape index (κ2) is 4.77. The van der Waals surface area contributed by atoms with E-state index in [4.69, 9.17) is 11.0 Å². The number of hydrogen-bond acceptors (Lipinski definition) is 4. The molecule has 0 radical (unpaired) electrons. The van der Waals surface area contributed by atoms with Gasteiger partial charge in [0.15, 0.2) is 0 Å². The van der Waals surface area contributed by atoms with Gasteiger partial charge in [-0.15, -0.1) is 0 Å². The Morgan fingerprint density at radius 2 is 2.18 bits per heavy atom. The second-order valence-corrected chi connectivity index (χ2v) is 6.05. The highest BCUT2D eigenvalue weighted by Crippen LogP contribution is 2.42. The lowest BCUT2D eigenvalue weighted by molar-refractivity contribution is -0.139. The maximum atomic E-state index is 10.6. The number of rotatable bonds is 4. The van der Waals surface area contributed by atoms with E-state index in [1.807, 2.05) is 0 Å². The number of hydrogen-bond donors (Lipinski definition) is 2. The zero-order valence-corrected chi connectivity index (χ0v) is 7.86. The maximum absolute atomic E-state index is 10.6. The van der Waals surface area contributed by atoms with E-state index in [0.29, 0.717) is 6.61 Å². The van der Waals surface area contributed by atoms with Crippen molar-refractivity contribution in [3.8, 4) is 0 Å². The molecule has 7 heteroatoms. The Balaban J connectivity index is 3.55. The number of esters is 1. The lowest BCUT2D eigenvalue weighted by Crippen LogP contribution is -2.09. The number of nitrogens with two attached hydrogens (primary N) is 2. The molecule has 0 saturated carbocycles. The molecule has 0 aromatic carbocycles. The summed E-state index contributed by atoms with van der Waals surface area (Å²) in [6.45, 7) is -1.14. The van der Waals surface area contributed by atoms with E-state index in [-0.39, 0.29) is 5.75 Å². The van der Waals surface area contributed by atoms with Gasteiger partial charge in [0.2, 0.25) is 0 Å². The average molecular weight is 198 g/mol. The van der Waals surface area contributed by atoms with Gasteiger partial charge in [0.05, 0.1) is 6.61 Å². The van der Waals surface area contributed by atoms with Crippen molar-refractivity contribution >= 4 is 24.0 Å². The van der Waals surface area contributed by atoms with Crippen molar-refractivity contribution in [2.45, 2.75) is 6.92 Å². The van der Waals surface area contributed by atoms with E-state index in [0.717, 1.165) is 11.4 Å². The maximum Gasteiger partial charge on any atom is 0.316 e. The molecule has 0 amide bonds. The molecule has 0 aromatic heterocycles. The minimum atomic E-state index is -3.13. The third-order valence-corrected chi connectivity index (χ3v) is 3.06. The summed E-state index contributed by atoms with van der Waals surface area (Å²) in [6, 6.07) is 0. The van der Waals surface area contributed by atoms with Gasteiger partial charge in [-0.25, -0.2) is 0 Å². The number of carbonyl (C=O) groups excluding carboxylic acids is 1. The Morgan fingerprint density at radius 3 is 2.55 bits per heavy atom. The zero-order chi connectivity index (χ0) is 8.91. The summed E-state index contributed by atoms with van der Waals surface area (Å²) >= 11 is 0.718. The smallest absolute Gasteiger partial charge is 0.316 e. The third-order valence-electron chi connectivity index (χ3n) is 0.690. The van der Waals surface area contributed by atoms with Gasteiger partial charge >= 0.3 is 5.97 Å². The van der Waals surface area contributed by atoms with Crippen molar-refractivity contribution in [2.75, 3.05) is 12.4 Å². The minimum absolute atomic E-state index is 0.0574. The molecule has 0 aliphatic heterocycles. The monoisotopic (exact) mass is 198 g/mol. The van der Waals surface area contributed by atoms with Gasteiger partial charge in [-0.05, 0) is 6.92 Å². The minimum Gasteiger partial charge on any atom is -0.465 e. The molecule has 0 saturated heterocycles. The molecule has 11 heavy (non-hydrogen) atoms.